The number of thioether (sulfide) groups is 1. The lowest BCUT2D eigenvalue weighted by Gasteiger charge is -2.11. The van der Waals surface area contributed by atoms with Crippen LogP contribution in [0.1, 0.15) is 12.7 Å². The van der Waals surface area contributed by atoms with Crippen molar-refractivity contribution in [2.45, 2.75) is 18.4 Å². The Morgan fingerprint density at radius 3 is 2.74 bits per heavy atom. The van der Waals surface area contributed by atoms with Crippen molar-refractivity contribution >= 4 is 29.3 Å². The fraction of sp³-hybridized carbons (Fsp3) is 0.400. The van der Waals surface area contributed by atoms with Gasteiger partial charge in [0.15, 0.2) is 11.8 Å². The number of halogens is 1. The number of aryl methyl sites for hydroxylation is 1. The van der Waals surface area contributed by atoms with Crippen LogP contribution in [0, 0.1) is 0 Å². The van der Waals surface area contributed by atoms with E-state index < -0.39 is 0 Å². The van der Waals surface area contributed by atoms with Crippen LogP contribution in [0.2, 0.25) is 5.02 Å². The number of aliphatic imine (C=N–C) groups is 1. The first kappa shape index (κ1) is 17.6. The van der Waals surface area contributed by atoms with Gasteiger partial charge in [0.1, 0.15) is 12.9 Å². The first-order chi connectivity index (χ1) is 11.2. The van der Waals surface area contributed by atoms with Crippen molar-refractivity contribution in [2.24, 2.45) is 12.0 Å². The lowest BCUT2D eigenvalue weighted by atomic mass is 10.4. The summed E-state index contributed by atoms with van der Waals surface area (Å²) in [4.78, 5) is 5.72. The Labute approximate surface area is 145 Å². The fourth-order valence-electron chi connectivity index (χ4n) is 1.81. The second kappa shape index (κ2) is 9.42. The van der Waals surface area contributed by atoms with Gasteiger partial charge in [-0.15, -0.1) is 22.0 Å². The van der Waals surface area contributed by atoms with Gasteiger partial charge in [-0.3, -0.25) is 0 Å². The van der Waals surface area contributed by atoms with E-state index >= 15 is 0 Å². The summed E-state index contributed by atoms with van der Waals surface area (Å²) in [5.74, 6) is 2.56. The molecule has 2 rings (SSSR count). The second-order valence-corrected chi connectivity index (χ2v) is 6.39. The Kier molecular flexibility index (Phi) is 7.22. The van der Waals surface area contributed by atoms with Crippen molar-refractivity contribution in [2.75, 3.05) is 18.8 Å². The average Bonchev–Trinajstić information content (AvgIpc) is 2.96. The number of guanidine groups is 1. The molecule has 124 valence electrons. The number of hydrogen-bond donors (Lipinski definition) is 2. The molecule has 2 N–H and O–H groups in total. The van der Waals surface area contributed by atoms with Gasteiger partial charge in [0.2, 0.25) is 0 Å². The van der Waals surface area contributed by atoms with E-state index in [1.807, 2.05) is 42.8 Å². The molecule has 1 aromatic heterocycles. The molecular formula is C15H21ClN6S. The molecule has 0 fully saturated rings. The molecule has 0 amide bonds. The molecular weight excluding hydrogens is 332 g/mol. The molecule has 0 saturated carbocycles. The molecule has 8 heteroatoms. The molecule has 0 aliphatic rings. The molecule has 0 saturated heterocycles. The standard InChI is InChI=1S/C15H21ClN6S/c1-3-17-15(19-10-14-21-20-11-22(14)2)18-8-9-23-13-6-4-12(16)5-7-13/h4-7,11H,3,8-10H2,1-2H3,(H2,17,18,19). The second-order valence-electron chi connectivity index (χ2n) is 4.78. The summed E-state index contributed by atoms with van der Waals surface area (Å²) in [6, 6.07) is 7.87. The maximum Gasteiger partial charge on any atom is 0.191 e. The summed E-state index contributed by atoms with van der Waals surface area (Å²) in [5.41, 5.74) is 0. The zero-order valence-electron chi connectivity index (χ0n) is 13.3. The zero-order chi connectivity index (χ0) is 16.5. The van der Waals surface area contributed by atoms with Gasteiger partial charge in [-0.2, -0.15) is 0 Å². The fourth-order valence-corrected chi connectivity index (χ4v) is 2.71. The van der Waals surface area contributed by atoms with Gasteiger partial charge in [-0.1, -0.05) is 11.6 Å². The Balaban J connectivity index is 1.77. The van der Waals surface area contributed by atoms with Crippen LogP contribution in [0.5, 0.6) is 0 Å². The van der Waals surface area contributed by atoms with Crippen LogP contribution in [-0.4, -0.2) is 39.6 Å². The van der Waals surface area contributed by atoms with Crippen molar-refractivity contribution in [3.63, 3.8) is 0 Å². The van der Waals surface area contributed by atoms with Crippen LogP contribution in [0.15, 0.2) is 40.5 Å². The van der Waals surface area contributed by atoms with Gasteiger partial charge in [0, 0.05) is 35.8 Å². The Hall–Kier alpha value is -1.73. The molecule has 0 aliphatic carbocycles. The molecule has 0 unspecified atom stereocenters. The molecule has 0 radical (unpaired) electrons. The smallest absolute Gasteiger partial charge is 0.191 e. The van der Waals surface area contributed by atoms with Gasteiger partial charge < -0.3 is 15.2 Å². The molecule has 1 heterocycles. The van der Waals surface area contributed by atoms with Gasteiger partial charge in [-0.05, 0) is 31.2 Å². The van der Waals surface area contributed by atoms with E-state index in [-0.39, 0.29) is 0 Å². The number of nitrogens with one attached hydrogen (secondary N) is 2. The predicted molar refractivity (Wildman–Crippen MR) is 96.0 cm³/mol. The average molecular weight is 353 g/mol. The summed E-state index contributed by atoms with van der Waals surface area (Å²) >= 11 is 7.66. The van der Waals surface area contributed by atoms with Crippen LogP contribution in [0.4, 0.5) is 0 Å². The maximum absolute atomic E-state index is 5.88. The third-order valence-corrected chi connectivity index (χ3v) is 4.27. The number of nitrogens with zero attached hydrogens (tertiary/aromatic N) is 4. The minimum Gasteiger partial charge on any atom is -0.357 e. The van der Waals surface area contributed by atoms with Crippen molar-refractivity contribution in [1.29, 1.82) is 0 Å². The molecule has 2 aromatic rings. The molecule has 0 aliphatic heterocycles. The Morgan fingerprint density at radius 1 is 1.30 bits per heavy atom. The lowest BCUT2D eigenvalue weighted by molar-refractivity contribution is 0.774. The van der Waals surface area contributed by atoms with E-state index in [4.69, 9.17) is 11.6 Å². The van der Waals surface area contributed by atoms with Crippen LogP contribution in [0.25, 0.3) is 0 Å². The SMILES string of the molecule is CCNC(=NCc1nncn1C)NCCSc1ccc(Cl)cc1. The third kappa shape index (κ3) is 6.11. The number of rotatable bonds is 7. The van der Waals surface area contributed by atoms with Crippen LogP contribution < -0.4 is 10.6 Å². The van der Waals surface area contributed by atoms with Crippen LogP contribution in [0.3, 0.4) is 0 Å². The Morgan fingerprint density at radius 2 is 2.09 bits per heavy atom. The van der Waals surface area contributed by atoms with E-state index in [9.17, 15) is 0 Å². The minimum atomic E-state index is 0.496. The van der Waals surface area contributed by atoms with Gasteiger partial charge >= 0.3 is 0 Å². The summed E-state index contributed by atoms with van der Waals surface area (Å²) < 4.78 is 1.86. The van der Waals surface area contributed by atoms with E-state index in [0.29, 0.717) is 6.54 Å². The minimum absolute atomic E-state index is 0.496. The van der Waals surface area contributed by atoms with Crippen LogP contribution >= 0.6 is 23.4 Å². The van der Waals surface area contributed by atoms with Crippen molar-refractivity contribution < 1.29 is 0 Å². The Bertz CT molecular complexity index is 625. The normalized spacial score (nSPS) is 11.5. The summed E-state index contributed by atoms with van der Waals surface area (Å²) in [5, 5.41) is 15.2. The largest absolute Gasteiger partial charge is 0.357 e. The quantitative estimate of drug-likeness (QED) is 0.346. The predicted octanol–water partition coefficient (Wildman–Crippen LogP) is 2.32. The van der Waals surface area contributed by atoms with Crippen LogP contribution in [-0.2, 0) is 13.6 Å². The summed E-state index contributed by atoms with van der Waals surface area (Å²) in [7, 11) is 1.91. The molecule has 1 aromatic carbocycles. The highest BCUT2D eigenvalue weighted by Gasteiger charge is 2.01. The third-order valence-electron chi connectivity index (χ3n) is 3.00. The topological polar surface area (TPSA) is 67.1 Å². The highest BCUT2D eigenvalue weighted by Crippen LogP contribution is 2.19. The van der Waals surface area contributed by atoms with E-state index in [2.05, 4.69) is 25.8 Å². The van der Waals surface area contributed by atoms with E-state index in [1.165, 1.54) is 4.90 Å². The molecule has 23 heavy (non-hydrogen) atoms. The molecule has 0 atom stereocenters. The maximum atomic E-state index is 5.88. The van der Waals surface area contributed by atoms with Gasteiger partial charge in [0.25, 0.3) is 0 Å². The summed E-state index contributed by atoms with van der Waals surface area (Å²) in [6.45, 7) is 4.17. The lowest BCUT2D eigenvalue weighted by Crippen LogP contribution is -2.38. The highest BCUT2D eigenvalue weighted by atomic mass is 35.5. The molecule has 6 nitrogen and oxygen atoms in total. The van der Waals surface area contributed by atoms with Gasteiger partial charge in [-0.25, -0.2) is 4.99 Å². The van der Waals surface area contributed by atoms with E-state index in [0.717, 1.165) is 35.6 Å². The number of aromatic nitrogens is 3. The molecule has 0 spiro atoms. The van der Waals surface area contributed by atoms with Crippen molar-refractivity contribution in [1.82, 2.24) is 25.4 Å². The van der Waals surface area contributed by atoms with Gasteiger partial charge in [0.05, 0.1) is 0 Å². The monoisotopic (exact) mass is 352 g/mol. The number of benzene rings is 1. The number of hydrogen-bond acceptors (Lipinski definition) is 4. The summed E-state index contributed by atoms with van der Waals surface area (Å²) in [6.07, 6.45) is 1.67. The van der Waals surface area contributed by atoms with Crippen molar-refractivity contribution in [3.05, 3.63) is 41.4 Å². The zero-order valence-corrected chi connectivity index (χ0v) is 14.9. The van der Waals surface area contributed by atoms with E-state index in [1.54, 1.807) is 18.1 Å². The highest BCUT2D eigenvalue weighted by molar-refractivity contribution is 7.99. The van der Waals surface area contributed by atoms with Crippen molar-refractivity contribution in [3.8, 4) is 0 Å². The first-order valence-electron chi connectivity index (χ1n) is 7.42. The first-order valence-corrected chi connectivity index (χ1v) is 8.79. The molecule has 0 bridgehead atoms.